The Kier molecular flexibility index (Phi) is 5.15. The van der Waals surface area contributed by atoms with Crippen molar-refractivity contribution >= 4 is 32.3 Å². The molecule has 2 aromatic carbocycles. The van der Waals surface area contributed by atoms with Crippen molar-refractivity contribution in [2.24, 2.45) is 0 Å². The Hall–Kier alpha value is -1.46. The summed E-state index contributed by atoms with van der Waals surface area (Å²) in [7, 11) is -3.43. The van der Waals surface area contributed by atoms with E-state index in [1.165, 1.54) is 21.5 Å². The predicted molar refractivity (Wildman–Crippen MR) is 118 cm³/mol. The first-order valence-corrected chi connectivity index (χ1v) is 15.9. The third-order valence-electron chi connectivity index (χ3n) is 6.83. The van der Waals surface area contributed by atoms with E-state index < -0.39 is 16.1 Å². The van der Waals surface area contributed by atoms with Crippen molar-refractivity contribution in [2.45, 2.75) is 64.0 Å². The Labute approximate surface area is 160 Å². The molecule has 0 aromatic heterocycles. The first kappa shape index (κ1) is 19.3. The van der Waals surface area contributed by atoms with Crippen molar-refractivity contribution in [3.8, 4) is 0 Å². The second-order valence-electron chi connectivity index (χ2n) is 9.34. The van der Waals surface area contributed by atoms with Gasteiger partial charge < -0.3 is 0 Å². The number of ketones is 1. The minimum absolute atomic E-state index is 0.486. The van der Waals surface area contributed by atoms with E-state index in [1.54, 1.807) is 0 Å². The Morgan fingerprint density at radius 1 is 0.654 bits per heavy atom. The van der Waals surface area contributed by atoms with Gasteiger partial charge in [0.1, 0.15) is 5.78 Å². The van der Waals surface area contributed by atoms with Crippen molar-refractivity contribution in [1.82, 2.24) is 0 Å². The quantitative estimate of drug-likeness (QED) is 0.687. The highest BCUT2D eigenvalue weighted by molar-refractivity contribution is 6.96. The maximum atomic E-state index is 12.6. The molecule has 3 rings (SSSR count). The maximum absolute atomic E-state index is 12.6. The second kappa shape index (κ2) is 6.93. The average molecular weight is 381 g/mol. The van der Waals surface area contributed by atoms with Gasteiger partial charge in [-0.25, -0.2) is 0 Å². The molecule has 0 bridgehead atoms. The zero-order chi connectivity index (χ0) is 19.1. The lowest BCUT2D eigenvalue weighted by atomic mass is 10.2. The lowest BCUT2D eigenvalue weighted by Gasteiger charge is -2.41. The zero-order valence-electron chi connectivity index (χ0n) is 17.1. The molecule has 1 aliphatic rings. The number of Topliss-reactive ketones (excluding diaryl/α,β-unsaturated/α-hetero) is 1. The molecule has 0 spiro atoms. The molecular formula is C23H32OSi2. The number of benzene rings is 2. The average Bonchev–Trinajstić information content (AvgIpc) is 2.99. The van der Waals surface area contributed by atoms with Gasteiger partial charge in [0.15, 0.2) is 0 Å². The third kappa shape index (κ3) is 3.52. The number of carbonyl (C=O) groups is 1. The van der Waals surface area contributed by atoms with Crippen LogP contribution in [-0.2, 0) is 4.79 Å². The Bertz CT molecular complexity index is 720. The minimum atomic E-state index is -1.71. The molecule has 3 heteroatoms. The normalized spacial score (nSPS) is 21.2. The summed E-state index contributed by atoms with van der Waals surface area (Å²) in [6.45, 7) is 14.2. The molecule has 0 heterocycles. The summed E-state index contributed by atoms with van der Waals surface area (Å²) in [5.74, 6) is 0.486. The lowest BCUT2D eigenvalue weighted by Crippen LogP contribution is -2.53. The summed E-state index contributed by atoms with van der Waals surface area (Å²) in [5.41, 5.74) is 3.74. The fourth-order valence-electron chi connectivity index (χ4n) is 4.77. The summed E-state index contributed by atoms with van der Waals surface area (Å²) in [5, 5.41) is 3.00. The van der Waals surface area contributed by atoms with Crippen LogP contribution in [0.3, 0.4) is 0 Å². The van der Waals surface area contributed by atoms with Crippen molar-refractivity contribution in [3.05, 3.63) is 59.7 Å². The molecule has 0 unspecified atom stereocenters. The van der Waals surface area contributed by atoms with Crippen LogP contribution in [0.4, 0.5) is 0 Å². The van der Waals surface area contributed by atoms with E-state index in [2.05, 4.69) is 88.6 Å². The van der Waals surface area contributed by atoms with Crippen LogP contribution in [0.5, 0.6) is 0 Å². The van der Waals surface area contributed by atoms with Crippen LogP contribution >= 0.6 is 0 Å². The van der Waals surface area contributed by atoms with Gasteiger partial charge in [0.05, 0.1) is 16.1 Å². The first-order valence-electron chi connectivity index (χ1n) is 9.78. The summed E-state index contributed by atoms with van der Waals surface area (Å²) in [6, 6.07) is 18.2. The van der Waals surface area contributed by atoms with Gasteiger partial charge in [0.25, 0.3) is 0 Å². The molecule has 0 amide bonds. The molecule has 2 atom stereocenters. The number of hydrogen-bond acceptors (Lipinski definition) is 1. The van der Waals surface area contributed by atoms with Crippen molar-refractivity contribution in [2.75, 3.05) is 0 Å². The largest absolute Gasteiger partial charge is 0.300 e. The number of hydrogen-bond donors (Lipinski definition) is 0. The van der Waals surface area contributed by atoms with Crippen LogP contribution in [0.25, 0.3) is 0 Å². The molecule has 1 fully saturated rings. The van der Waals surface area contributed by atoms with Gasteiger partial charge in [-0.1, -0.05) is 96.2 Å². The monoisotopic (exact) mass is 380 g/mol. The summed E-state index contributed by atoms with van der Waals surface area (Å²) >= 11 is 0. The molecule has 0 radical (unpaired) electrons. The van der Waals surface area contributed by atoms with Crippen LogP contribution in [0.2, 0.25) is 37.3 Å². The summed E-state index contributed by atoms with van der Waals surface area (Å²) in [6.07, 6.45) is 1.58. The Morgan fingerprint density at radius 2 is 0.962 bits per heavy atom. The molecule has 0 aliphatic heterocycles. The van der Waals surface area contributed by atoms with Gasteiger partial charge in [0, 0.05) is 12.8 Å². The molecule has 1 saturated carbocycles. The Balaban J connectivity index is 1.99. The van der Waals surface area contributed by atoms with Gasteiger partial charge >= 0.3 is 0 Å². The van der Waals surface area contributed by atoms with Gasteiger partial charge in [-0.3, -0.25) is 4.79 Å². The summed E-state index contributed by atoms with van der Waals surface area (Å²) < 4.78 is 0. The molecular weight excluding hydrogens is 348 g/mol. The highest BCUT2D eigenvalue weighted by Crippen LogP contribution is 2.50. The lowest BCUT2D eigenvalue weighted by molar-refractivity contribution is -0.117. The molecule has 1 aliphatic carbocycles. The topological polar surface area (TPSA) is 17.1 Å². The predicted octanol–water partition coefficient (Wildman–Crippen LogP) is 4.94. The van der Waals surface area contributed by atoms with Crippen LogP contribution < -0.4 is 10.4 Å². The zero-order valence-corrected chi connectivity index (χ0v) is 19.1. The van der Waals surface area contributed by atoms with Gasteiger partial charge in [0.2, 0.25) is 0 Å². The number of carbonyl (C=O) groups excluding carboxylic acids is 1. The van der Waals surface area contributed by atoms with Crippen molar-refractivity contribution in [1.29, 1.82) is 0 Å². The number of rotatable bonds is 4. The minimum Gasteiger partial charge on any atom is -0.300 e. The molecule has 2 aromatic rings. The van der Waals surface area contributed by atoms with E-state index in [1.807, 2.05) is 0 Å². The molecule has 26 heavy (non-hydrogen) atoms. The van der Waals surface area contributed by atoms with E-state index in [0.29, 0.717) is 16.9 Å². The van der Waals surface area contributed by atoms with Crippen molar-refractivity contribution < 1.29 is 4.79 Å². The Morgan fingerprint density at radius 3 is 1.27 bits per heavy atom. The molecule has 138 valence electrons. The van der Waals surface area contributed by atoms with Crippen LogP contribution in [0.1, 0.15) is 24.0 Å². The van der Waals surface area contributed by atoms with E-state index in [4.69, 9.17) is 0 Å². The first-order chi connectivity index (χ1) is 12.1. The van der Waals surface area contributed by atoms with Gasteiger partial charge in [-0.05, 0) is 24.9 Å². The fourth-order valence-corrected chi connectivity index (χ4v) is 13.9. The van der Waals surface area contributed by atoms with E-state index >= 15 is 0 Å². The second-order valence-corrected chi connectivity index (χ2v) is 18.9. The van der Waals surface area contributed by atoms with Crippen molar-refractivity contribution in [3.63, 3.8) is 0 Å². The third-order valence-corrected chi connectivity index (χ3v) is 15.7. The van der Waals surface area contributed by atoms with Gasteiger partial charge in [-0.2, -0.15) is 0 Å². The molecule has 0 N–H and O–H groups in total. The smallest absolute Gasteiger partial charge is 0.132 e. The SMILES string of the molecule is Cc1ccc([Si](C)(C)[C@@H]2CC(=O)C[C@@H]2[Si](C)(C)c2ccc(C)cc2)cc1. The highest BCUT2D eigenvalue weighted by Gasteiger charge is 2.51. The van der Waals surface area contributed by atoms with Crippen LogP contribution in [0.15, 0.2) is 48.5 Å². The highest BCUT2D eigenvalue weighted by atomic mass is 28.3. The van der Waals surface area contributed by atoms with E-state index in [9.17, 15) is 4.79 Å². The molecule has 0 saturated heterocycles. The number of aryl methyl sites for hydroxylation is 2. The molecule has 1 nitrogen and oxygen atoms in total. The standard InChI is InChI=1S/C23H32OSi2/c1-17-7-11-20(12-8-17)25(3,4)22-15-19(24)16-23(22)26(5,6)21-13-9-18(2)10-14-21/h7-14,22-23H,15-16H2,1-6H3/t22-,23+. The van der Waals surface area contributed by atoms with Crippen LogP contribution in [0, 0.1) is 13.8 Å². The maximum Gasteiger partial charge on any atom is 0.132 e. The van der Waals surface area contributed by atoms with Crippen LogP contribution in [-0.4, -0.2) is 21.9 Å². The van der Waals surface area contributed by atoms with E-state index in [-0.39, 0.29) is 0 Å². The van der Waals surface area contributed by atoms with E-state index in [0.717, 1.165) is 12.8 Å². The fraction of sp³-hybridized carbons (Fsp3) is 0.435. The van der Waals surface area contributed by atoms with Gasteiger partial charge in [-0.15, -0.1) is 0 Å². The summed E-state index contributed by atoms with van der Waals surface area (Å²) in [4.78, 5) is 12.6.